The fourth-order valence-corrected chi connectivity index (χ4v) is 3.19. The van der Waals surface area contributed by atoms with Crippen molar-refractivity contribution >= 4 is 17.7 Å². The van der Waals surface area contributed by atoms with E-state index in [-0.39, 0.29) is 0 Å². The van der Waals surface area contributed by atoms with Crippen molar-refractivity contribution in [3.8, 4) is 0 Å². The standard InChI is InChI=1S/C17H21NO3/c19-17(20)8-6-13-5-7-16-14(11-13)3-1-9-18(16)12-15-4-2-10-21-15/h5-8,11,15H,1-4,9-10,12H2,(H,19,20). The van der Waals surface area contributed by atoms with Crippen LogP contribution in [0.15, 0.2) is 24.3 Å². The van der Waals surface area contributed by atoms with E-state index >= 15 is 0 Å². The summed E-state index contributed by atoms with van der Waals surface area (Å²) in [7, 11) is 0. The molecule has 3 rings (SSSR count). The van der Waals surface area contributed by atoms with E-state index in [1.165, 1.54) is 23.7 Å². The second-order valence-electron chi connectivity index (χ2n) is 5.74. The summed E-state index contributed by atoms with van der Waals surface area (Å²) in [6, 6.07) is 6.22. The van der Waals surface area contributed by atoms with Crippen molar-refractivity contribution in [1.82, 2.24) is 0 Å². The van der Waals surface area contributed by atoms with Gasteiger partial charge in [-0.1, -0.05) is 6.07 Å². The number of carboxylic acid groups (broad SMARTS) is 1. The van der Waals surface area contributed by atoms with Crippen molar-refractivity contribution in [2.24, 2.45) is 0 Å². The van der Waals surface area contributed by atoms with Gasteiger partial charge in [-0.15, -0.1) is 0 Å². The maximum Gasteiger partial charge on any atom is 0.328 e. The quantitative estimate of drug-likeness (QED) is 0.865. The van der Waals surface area contributed by atoms with Crippen LogP contribution in [0, 0.1) is 0 Å². The van der Waals surface area contributed by atoms with Crippen LogP contribution in [-0.2, 0) is 16.0 Å². The van der Waals surface area contributed by atoms with Crippen LogP contribution >= 0.6 is 0 Å². The van der Waals surface area contributed by atoms with Crippen molar-refractivity contribution in [3.05, 3.63) is 35.4 Å². The van der Waals surface area contributed by atoms with Gasteiger partial charge in [0.15, 0.2) is 0 Å². The van der Waals surface area contributed by atoms with Crippen LogP contribution in [0.2, 0.25) is 0 Å². The number of carboxylic acids is 1. The highest BCUT2D eigenvalue weighted by atomic mass is 16.5. The van der Waals surface area contributed by atoms with E-state index in [9.17, 15) is 4.79 Å². The summed E-state index contributed by atoms with van der Waals surface area (Å²) >= 11 is 0. The molecule has 21 heavy (non-hydrogen) atoms. The van der Waals surface area contributed by atoms with E-state index in [1.807, 2.05) is 6.07 Å². The molecule has 2 aliphatic rings. The zero-order valence-corrected chi connectivity index (χ0v) is 12.1. The Morgan fingerprint density at radius 1 is 1.43 bits per heavy atom. The third kappa shape index (κ3) is 3.45. The number of hydrogen-bond acceptors (Lipinski definition) is 3. The smallest absolute Gasteiger partial charge is 0.328 e. The highest BCUT2D eigenvalue weighted by molar-refractivity contribution is 5.85. The summed E-state index contributed by atoms with van der Waals surface area (Å²) in [4.78, 5) is 13.0. The van der Waals surface area contributed by atoms with E-state index in [1.54, 1.807) is 6.08 Å². The number of rotatable bonds is 4. The van der Waals surface area contributed by atoms with Gasteiger partial charge >= 0.3 is 5.97 Å². The number of fused-ring (bicyclic) bond motifs is 1. The minimum Gasteiger partial charge on any atom is -0.478 e. The summed E-state index contributed by atoms with van der Waals surface area (Å²) in [5.74, 6) is -0.910. The second kappa shape index (κ2) is 6.31. The molecule has 1 aromatic rings. The number of carbonyl (C=O) groups is 1. The summed E-state index contributed by atoms with van der Waals surface area (Å²) in [6.07, 6.45) is 7.74. The largest absolute Gasteiger partial charge is 0.478 e. The third-order valence-electron chi connectivity index (χ3n) is 4.18. The zero-order chi connectivity index (χ0) is 14.7. The summed E-state index contributed by atoms with van der Waals surface area (Å²) in [5.41, 5.74) is 3.55. The molecule has 0 saturated carbocycles. The first-order chi connectivity index (χ1) is 10.2. The Labute approximate surface area is 125 Å². The average Bonchev–Trinajstić information content (AvgIpc) is 2.98. The predicted molar refractivity (Wildman–Crippen MR) is 82.6 cm³/mol. The zero-order valence-electron chi connectivity index (χ0n) is 12.1. The lowest BCUT2D eigenvalue weighted by Gasteiger charge is -2.33. The predicted octanol–water partition coefficient (Wildman–Crippen LogP) is 2.72. The van der Waals surface area contributed by atoms with Crippen LogP contribution in [0.5, 0.6) is 0 Å². The van der Waals surface area contributed by atoms with Gasteiger partial charge in [0, 0.05) is 31.5 Å². The van der Waals surface area contributed by atoms with Crippen LogP contribution in [0.3, 0.4) is 0 Å². The molecule has 2 heterocycles. The van der Waals surface area contributed by atoms with Gasteiger partial charge in [-0.3, -0.25) is 0 Å². The van der Waals surface area contributed by atoms with E-state index in [4.69, 9.17) is 9.84 Å². The van der Waals surface area contributed by atoms with E-state index in [2.05, 4.69) is 17.0 Å². The number of ether oxygens (including phenoxy) is 1. The number of aliphatic carboxylic acids is 1. The van der Waals surface area contributed by atoms with E-state index < -0.39 is 5.97 Å². The molecule has 0 bridgehead atoms. The first-order valence-electron chi connectivity index (χ1n) is 7.63. The molecule has 112 valence electrons. The number of aryl methyl sites for hydroxylation is 1. The van der Waals surface area contributed by atoms with Crippen molar-refractivity contribution < 1.29 is 14.6 Å². The van der Waals surface area contributed by atoms with Crippen LogP contribution in [-0.4, -0.2) is 36.9 Å². The van der Waals surface area contributed by atoms with Crippen molar-refractivity contribution in [2.75, 3.05) is 24.6 Å². The molecular weight excluding hydrogens is 266 g/mol. The number of hydrogen-bond donors (Lipinski definition) is 1. The van der Waals surface area contributed by atoms with Crippen molar-refractivity contribution in [1.29, 1.82) is 0 Å². The fourth-order valence-electron chi connectivity index (χ4n) is 3.19. The maximum atomic E-state index is 10.6. The van der Waals surface area contributed by atoms with Crippen molar-refractivity contribution in [3.63, 3.8) is 0 Å². The first kappa shape index (κ1) is 14.1. The Bertz CT molecular complexity index is 547. The highest BCUT2D eigenvalue weighted by Crippen LogP contribution is 2.29. The average molecular weight is 287 g/mol. The number of benzene rings is 1. The lowest BCUT2D eigenvalue weighted by molar-refractivity contribution is -0.131. The maximum absolute atomic E-state index is 10.6. The molecule has 1 saturated heterocycles. The molecular formula is C17H21NO3. The molecule has 1 fully saturated rings. The molecule has 2 aliphatic heterocycles. The normalized spacial score (nSPS) is 21.7. The van der Waals surface area contributed by atoms with Crippen LogP contribution < -0.4 is 4.90 Å². The van der Waals surface area contributed by atoms with Crippen LogP contribution in [0.25, 0.3) is 6.08 Å². The molecule has 0 amide bonds. The van der Waals surface area contributed by atoms with Crippen molar-refractivity contribution in [2.45, 2.75) is 31.8 Å². The molecule has 0 spiro atoms. The summed E-state index contributed by atoms with van der Waals surface area (Å²) < 4.78 is 5.74. The Kier molecular flexibility index (Phi) is 4.25. The van der Waals surface area contributed by atoms with Crippen LogP contribution in [0.1, 0.15) is 30.4 Å². The summed E-state index contributed by atoms with van der Waals surface area (Å²) in [6.45, 7) is 2.94. The second-order valence-corrected chi connectivity index (χ2v) is 5.74. The lowest BCUT2D eigenvalue weighted by Crippen LogP contribution is -2.36. The minimum absolute atomic E-state index is 0.363. The highest BCUT2D eigenvalue weighted by Gasteiger charge is 2.23. The SMILES string of the molecule is O=C(O)C=Cc1ccc2c(c1)CCCN2CC1CCCO1. The van der Waals surface area contributed by atoms with Gasteiger partial charge in [-0.05, 0) is 55.0 Å². The number of anilines is 1. The molecule has 1 aromatic carbocycles. The Hall–Kier alpha value is -1.81. The van der Waals surface area contributed by atoms with Gasteiger partial charge in [0.05, 0.1) is 6.10 Å². The fraction of sp³-hybridized carbons (Fsp3) is 0.471. The molecule has 0 aromatic heterocycles. The van der Waals surface area contributed by atoms with Crippen LogP contribution in [0.4, 0.5) is 5.69 Å². The first-order valence-corrected chi connectivity index (χ1v) is 7.63. The Morgan fingerprint density at radius 3 is 3.10 bits per heavy atom. The Morgan fingerprint density at radius 2 is 2.33 bits per heavy atom. The molecule has 4 heteroatoms. The van der Waals surface area contributed by atoms with E-state index in [0.29, 0.717) is 6.10 Å². The molecule has 0 radical (unpaired) electrons. The monoisotopic (exact) mass is 287 g/mol. The van der Waals surface area contributed by atoms with Gasteiger partial charge in [0.25, 0.3) is 0 Å². The van der Waals surface area contributed by atoms with Gasteiger partial charge in [-0.25, -0.2) is 4.79 Å². The molecule has 0 aliphatic carbocycles. The van der Waals surface area contributed by atoms with Gasteiger partial charge in [0.1, 0.15) is 0 Å². The molecule has 4 nitrogen and oxygen atoms in total. The van der Waals surface area contributed by atoms with Gasteiger partial charge in [-0.2, -0.15) is 0 Å². The third-order valence-corrected chi connectivity index (χ3v) is 4.18. The molecule has 1 N–H and O–H groups in total. The molecule has 1 unspecified atom stereocenters. The van der Waals surface area contributed by atoms with Gasteiger partial charge < -0.3 is 14.7 Å². The molecule has 1 atom stereocenters. The summed E-state index contributed by atoms with van der Waals surface area (Å²) in [5, 5.41) is 8.71. The number of nitrogens with zero attached hydrogens (tertiary/aromatic N) is 1. The minimum atomic E-state index is -0.910. The van der Waals surface area contributed by atoms with Gasteiger partial charge in [0.2, 0.25) is 0 Å². The van der Waals surface area contributed by atoms with E-state index in [0.717, 1.165) is 44.5 Å². The lowest BCUT2D eigenvalue weighted by atomic mass is 9.98. The topological polar surface area (TPSA) is 49.8 Å². The Balaban J connectivity index is 1.76.